The minimum absolute atomic E-state index is 0.102. The lowest BCUT2D eigenvalue weighted by Gasteiger charge is -2.30. The molecule has 8 nitrogen and oxygen atoms in total. The first-order valence-corrected chi connectivity index (χ1v) is 12.2. The molecule has 2 aliphatic carbocycles. The zero-order valence-electron chi connectivity index (χ0n) is 18.3. The number of carbonyl (C=O) groups is 1. The lowest BCUT2D eigenvalue weighted by molar-refractivity contribution is -0.113. The smallest absolute Gasteiger partial charge is 0.236 e. The normalized spacial score (nSPS) is 22.4. The van der Waals surface area contributed by atoms with Crippen molar-refractivity contribution in [1.29, 1.82) is 0 Å². The van der Waals surface area contributed by atoms with Crippen LogP contribution in [0.1, 0.15) is 44.5 Å². The van der Waals surface area contributed by atoms with E-state index in [4.69, 9.17) is 9.26 Å². The van der Waals surface area contributed by atoms with Gasteiger partial charge in [-0.05, 0) is 56.1 Å². The summed E-state index contributed by atoms with van der Waals surface area (Å²) >= 11 is 1.32. The Morgan fingerprint density at radius 1 is 1.30 bits per heavy atom. The van der Waals surface area contributed by atoms with Gasteiger partial charge in [-0.15, -0.1) is 10.2 Å². The van der Waals surface area contributed by atoms with Crippen LogP contribution >= 0.6 is 11.8 Å². The predicted molar refractivity (Wildman–Crippen MR) is 120 cm³/mol. The molecule has 1 aromatic carbocycles. The lowest BCUT2D eigenvalue weighted by Crippen LogP contribution is -2.25. The Balaban J connectivity index is 1.33. The number of amides is 1. The zero-order chi connectivity index (χ0) is 22.8. The molecular formula is C23H26FN5O3S. The molecule has 0 saturated heterocycles. The maximum Gasteiger partial charge on any atom is 0.236 e. The molecule has 4 unspecified atom stereocenters. The van der Waals surface area contributed by atoms with E-state index in [9.17, 15) is 9.18 Å². The van der Waals surface area contributed by atoms with E-state index >= 15 is 0 Å². The third kappa shape index (κ3) is 4.75. The molecule has 2 saturated carbocycles. The molecule has 10 heteroatoms. The van der Waals surface area contributed by atoms with Crippen molar-refractivity contribution in [3.05, 3.63) is 48.2 Å². The summed E-state index contributed by atoms with van der Waals surface area (Å²) in [5.41, 5.74) is 0. The van der Waals surface area contributed by atoms with E-state index < -0.39 is 5.82 Å². The number of halogens is 1. The first-order valence-electron chi connectivity index (χ1n) is 11.2. The van der Waals surface area contributed by atoms with Gasteiger partial charge in [0, 0.05) is 12.1 Å². The summed E-state index contributed by atoms with van der Waals surface area (Å²) in [6.45, 7) is 2.30. The summed E-state index contributed by atoms with van der Waals surface area (Å²) in [4.78, 5) is 12.3. The van der Waals surface area contributed by atoms with Crippen LogP contribution in [0.3, 0.4) is 0 Å². The van der Waals surface area contributed by atoms with Gasteiger partial charge < -0.3 is 14.6 Å². The van der Waals surface area contributed by atoms with Crippen LogP contribution in [0.25, 0.3) is 0 Å². The highest BCUT2D eigenvalue weighted by molar-refractivity contribution is 7.99. The van der Waals surface area contributed by atoms with Gasteiger partial charge in [-0.1, -0.05) is 35.5 Å². The van der Waals surface area contributed by atoms with E-state index in [1.165, 1.54) is 49.8 Å². The summed E-state index contributed by atoms with van der Waals surface area (Å²) < 4.78 is 26.6. The number of ether oxygens (including phenoxy) is 1. The number of anilines is 1. The Morgan fingerprint density at radius 2 is 2.18 bits per heavy atom. The molecule has 2 aromatic heterocycles. The summed E-state index contributed by atoms with van der Waals surface area (Å²) in [5.74, 6) is 2.77. The number of hydrogen-bond acceptors (Lipinski definition) is 7. The SMILES string of the molecule is CC(C1CC2CCC1C2)n1c(COc2ccccc2F)nnc1SCC(=O)Nc1ccon1. The molecule has 33 heavy (non-hydrogen) atoms. The number of benzene rings is 1. The van der Waals surface area contributed by atoms with Gasteiger partial charge in [-0.25, -0.2) is 4.39 Å². The molecule has 2 bridgehead atoms. The number of nitrogens with zero attached hydrogens (tertiary/aromatic N) is 4. The Kier molecular flexibility index (Phi) is 6.34. The van der Waals surface area contributed by atoms with Crippen molar-refractivity contribution in [2.45, 2.75) is 50.4 Å². The van der Waals surface area contributed by atoms with Crippen molar-refractivity contribution >= 4 is 23.5 Å². The maximum atomic E-state index is 14.0. The van der Waals surface area contributed by atoms with E-state index in [0.717, 1.165) is 5.92 Å². The molecule has 174 valence electrons. The van der Waals surface area contributed by atoms with Crippen molar-refractivity contribution in [2.24, 2.45) is 17.8 Å². The molecular weight excluding hydrogens is 445 g/mol. The Hall–Kier alpha value is -2.88. The molecule has 0 radical (unpaired) electrons. The Bertz CT molecular complexity index is 1110. The third-order valence-electron chi connectivity index (χ3n) is 6.79. The molecule has 5 rings (SSSR count). The van der Waals surface area contributed by atoms with Gasteiger partial charge in [0.2, 0.25) is 5.91 Å². The van der Waals surface area contributed by atoms with Crippen LogP contribution < -0.4 is 10.1 Å². The fourth-order valence-electron chi connectivity index (χ4n) is 5.28. The summed E-state index contributed by atoms with van der Waals surface area (Å²) in [6.07, 6.45) is 6.49. The van der Waals surface area contributed by atoms with E-state index in [-0.39, 0.29) is 30.1 Å². The van der Waals surface area contributed by atoms with E-state index in [1.54, 1.807) is 24.3 Å². The summed E-state index contributed by atoms with van der Waals surface area (Å²) in [5, 5.41) is 15.8. The van der Waals surface area contributed by atoms with Crippen LogP contribution in [-0.4, -0.2) is 31.6 Å². The van der Waals surface area contributed by atoms with Gasteiger partial charge in [0.05, 0.1) is 5.75 Å². The second-order valence-corrected chi connectivity index (χ2v) is 9.73. The predicted octanol–water partition coefficient (Wildman–Crippen LogP) is 4.71. The Morgan fingerprint density at radius 3 is 2.91 bits per heavy atom. The fourth-order valence-corrected chi connectivity index (χ4v) is 6.12. The minimum atomic E-state index is -0.413. The molecule has 1 amide bonds. The van der Waals surface area contributed by atoms with Crippen LogP contribution in [0, 0.1) is 23.6 Å². The number of carbonyl (C=O) groups excluding carboxylic acids is 1. The molecule has 0 spiro atoms. The Labute approximate surface area is 195 Å². The highest BCUT2D eigenvalue weighted by Gasteiger charge is 2.43. The van der Waals surface area contributed by atoms with Gasteiger partial charge in [0.25, 0.3) is 0 Å². The van der Waals surface area contributed by atoms with Crippen molar-refractivity contribution < 1.29 is 18.4 Å². The van der Waals surface area contributed by atoms with Crippen molar-refractivity contribution in [3.8, 4) is 5.75 Å². The maximum absolute atomic E-state index is 14.0. The van der Waals surface area contributed by atoms with Crippen LogP contribution in [0.15, 0.2) is 46.3 Å². The summed E-state index contributed by atoms with van der Waals surface area (Å²) in [6, 6.07) is 8.07. The molecule has 3 aromatic rings. The van der Waals surface area contributed by atoms with Crippen molar-refractivity contribution in [1.82, 2.24) is 19.9 Å². The van der Waals surface area contributed by atoms with Gasteiger partial charge in [0.1, 0.15) is 12.9 Å². The van der Waals surface area contributed by atoms with Gasteiger partial charge in [0.15, 0.2) is 28.4 Å². The lowest BCUT2D eigenvalue weighted by atomic mass is 9.84. The second-order valence-electron chi connectivity index (χ2n) is 8.79. The fraction of sp³-hybridized carbons (Fsp3) is 0.478. The van der Waals surface area contributed by atoms with Crippen molar-refractivity contribution in [3.63, 3.8) is 0 Å². The molecule has 1 N–H and O–H groups in total. The highest BCUT2D eigenvalue weighted by Crippen LogP contribution is 2.52. The average Bonchev–Trinajstić information content (AvgIpc) is 3.62. The van der Waals surface area contributed by atoms with Gasteiger partial charge in [-0.2, -0.15) is 0 Å². The first kappa shape index (κ1) is 21.9. The number of fused-ring (bicyclic) bond motifs is 2. The van der Waals surface area contributed by atoms with E-state index in [2.05, 4.69) is 32.2 Å². The second kappa shape index (κ2) is 9.54. The monoisotopic (exact) mass is 471 g/mol. The molecule has 4 atom stereocenters. The molecule has 2 aliphatic rings. The first-order chi connectivity index (χ1) is 16.1. The summed E-state index contributed by atoms with van der Waals surface area (Å²) in [7, 11) is 0. The van der Waals surface area contributed by atoms with Crippen LogP contribution in [-0.2, 0) is 11.4 Å². The highest BCUT2D eigenvalue weighted by atomic mass is 32.2. The minimum Gasteiger partial charge on any atom is -0.483 e. The van der Waals surface area contributed by atoms with E-state index in [1.807, 2.05) is 0 Å². The average molecular weight is 472 g/mol. The zero-order valence-corrected chi connectivity index (χ0v) is 19.1. The molecule has 2 heterocycles. The van der Waals surface area contributed by atoms with Crippen LogP contribution in [0.5, 0.6) is 5.75 Å². The van der Waals surface area contributed by atoms with Gasteiger partial charge >= 0.3 is 0 Å². The third-order valence-corrected chi connectivity index (χ3v) is 7.73. The van der Waals surface area contributed by atoms with Crippen molar-refractivity contribution in [2.75, 3.05) is 11.1 Å². The number of hydrogen-bond donors (Lipinski definition) is 1. The van der Waals surface area contributed by atoms with Crippen LogP contribution in [0.2, 0.25) is 0 Å². The number of nitrogens with one attached hydrogen (secondary N) is 1. The number of aromatic nitrogens is 4. The van der Waals surface area contributed by atoms with Crippen LogP contribution in [0.4, 0.5) is 10.2 Å². The van der Waals surface area contributed by atoms with E-state index in [0.29, 0.717) is 28.6 Å². The van der Waals surface area contributed by atoms with Gasteiger partial charge in [-0.3, -0.25) is 9.36 Å². The molecule has 0 aliphatic heterocycles. The number of para-hydroxylation sites is 1. The number of rotatable bonds is 9. The molecule has 2 fully saturated rings. The standard InChI is InChI=1S/C23H26FN5O3S/c1-14(17-11-15-6-7-16(17)10-15)29-21(12-31-19-5-3-2-4-18(19)24)26-27-23(29)33-13-22(30)25-20-8-9-32-28-20/h2-5,8-9,14-17H,6-7,10-13H2,1H3,(H,25,28,30). The number of thioether (sulfide) groups is 1. The largest absolute Gasteiger partial charge is 0.483 e. The quantitative estimate of drug-likeness (QED) is 0.452. The topological polar surface area (TPSA) is 95.1 Å².